The van der Waals surface area contributed by atoms with Gasteiger partial charge in [0, 0.05) is 6.92 Å². The molecule has 12 heavy (non-hydrogen) atoms. The Morgan fingerprint density at radius 3 is 2.83 bits per heavy atom. The van der Waals surface area contributed by atoms with Crippen molar-refractivity contribution in [1.82, 2.24) is 0 Å². The first-order chi connectivity index (χ1) is 5.66. The number of alkyl halides is 1. The van der Waals surface area contributed by atoms with E-state index < -0.39 is 0 Å². The maximum absolute atomic E-state index is 10.3. The van der Waals surface area contributed by atoms with Gasteiger partial charge < -0.3 is 9.47 Å². The molecule has 0 aliphatic heterocycles. The molecule has 0 bridgehead atoms. The standard InChI is InChI=1S/C8H13ClO3/c1-3-4-11-5-8(9)6-12-7(2)10/h3,8H,1,4-6H2,2H3/t8-/m0/s1. The summed E-state index contributed by atoms with van der Waals surface area (Å²) in [7, 11) is 0. The van der Waals surface area contributed by atoms with E-state index in [1.54, 1.807) is 6.08 Å². The molecule has 0 aromatic carbocycles. The number of hydrogen-bond acceptors (Lipinski definition) is 3. The minimum absolute atomic E-state index is 0.189. The van der Waals surface area contributed by atoms with Gasteiger partial charge >= 0.3 is 5.97 Å². The molecule has 0 amide bonds. The van der Waals surface area contributed by atoms with Crippen LogP contribution in [0, 0.1) is 0 Å². The van der Waals surface area contributed by atoms with Crippen LogP contribution in [0.5, 0.6) is 0 Å². The van der Waals surface area contributed by atoms with Crippen molar-refractivity contribution in [2.45, 2.75) is 12.3 Å². The lowest BCUT2D eigenvalue weighted by molar-refractivity contribution is -0.141. The van der Waals surface area contributed by atoms with Gasteiger partial charge in [0.2, 0.25) is 0 Å². The minimum Gasteiger partial charge on any atom is -0.464 e. The Morgan fingerprint density at radius 2 is 2.33 bits per heavy atom. The summed E-state index contributed by atoms with van der Waals surface area (Å²) < 4.78 is 9.69. The van der Waals surface area contributed by atoms with Gasteiger partial charge in [0.25, 0.3) is 0 Å². The molecule has 0 fully saturated rings. The number of halogens is 1. The third kappa shape index (κ3) is 7.57. The van der Waals surface area contributed by atoms with Crippen molar-refractivity contribution in [3.8, 4) is 0 Å². The van der Waals surface area contributed by atoms with E-state index in [0.29, 0.717) is 13.2 Å². The Hall–Kier alpha value is -0.540. The lowest BCUT2D eigenvalue weighted by atomic mass is 10.5. The van der Waals surface area contributed by atoms with Crippen molar-refractivity contribution in [1.29, 1.82) is 0 Å². The largest absolute Gasteiger partial charge is 0.464 e. The maximum atomic E-state index is 10.3. The topological polar surface area (TPSA) is 35.5 Å². The molecule has 70 valence electrons. The van der Waals surface area contributed by atoms with Crippen molar-refractivity contribution in [3.05, 3.63) is 12.7 Å². The van der Waals surface area contributed by atoms with Gasteiger partial charge in [-0.2, -0.15) is 0 Å². The third-order valence-electron chi connectivity index (χ3n) is 1.00. The lowest BCUT2D eigenvalue weighted by Crippen LogP contribution is -2.17. The van der Waals surface area contributed by atoms with E-state index in [0.717, 1.165) is 0 Å². The highest BCUT2D eigenvalue weighted by Gasteiger charge is 2.05. The van der Waals surface area contributed by atoms with Gasteiger partial charge in [0.1, 0.15) is 6.61 Å². The van der Waals surface area contributed by atoms with Crippen LogP contribution in [0.25, 0.3) is 0 Å². The first kappa shape index (κ1) is 11.5. The fraction of sp³-hybridized carbons (Fsp3) is 0.625. The van der Waals surface area contributed by atoms with E-state index in [2.05, 4.69) is 11.3 Å². The summed E-state index contributed by atoms with van der Waals surface area (Å²) in [6.07, 6.45) is 1.63. The monoisotopic (exact) mass is 192 g/mol. The van der Waals surface area contributed by atoms with Crippen LogP contribution in [0.1, 0.15) is 6.92 Å². The first-order valence-corrected chi connectivity index (χ1v) is 4.06. The minimum atomic E-state index is -0.329. The number of carbonyl (C=O) groups is 1. The Morgan fingerprint density at radius 1 is 1.67 bits per heavy atom. The fourth-order valence-corrected chi connectivity index (χ4v) is 0.687. The number of rotatable bonds is 6. The predicted octanol–water partition coefficient (Wildman–Crippen LogP) is 1.36. The van der Waals surface area contributed by atoms with Crippen LogP contribution >= 0.6 is 11.6 Å². The molecule has 0 rings (SSSR count). The number of ether oxygens (including phenoxy) is 2. The van der Waals surface area contributed by atoms with Crippen LogP contribution in [-0.4, -0.2) is 31.2 Å². The van der Waals surface area contributed by atoms with Crippen LogP contribution in [0.15, 0.2) is 12.7 Å². The summed E-state index contributed by atoms with van der Waals surface area (Å²) in [6, 6.07) is 0. The van der Waals surface area contributed by atoms with E-state index in [1.807, 2.05) is 0 Å². The molecule has 0 aromatic heterocycles. The van der Waals surface area contributed by atoms with Crippen molar-refractivity contribution in [2.75, 3.05) is 19.8 Å². The highest BCUT2D eigenvalue weighted by atomic mass is 35.5. The van der Waals surface area contributed by atoms with Crippen molar-refractivity contribution in [2.24, 2.45) is 0 Å². The predicted molar refractivity (Wildman–Crippen MR) is 47.3 cm³/mol. The van der Waals surface area contributed by atoms with Crippen LogP contribution < -0.4 is 0 Å². The van der Waals surface area contributed by atoms with Crippen molar-refractivity contribution < 1.29 is 14.3 Å². The number of hydrogen-bond donors (Lipinski definition) is 0. The summed E-state index contributed by atoms with van der Waals surface area (Å²) in [5, 5.41) is -0.283. The summed E-state index contributed by atoms with van der Waals surface area (Å²) in [5.41, 5.74) is 0. The van der Waals surface area contributed by atoms with Crippen LogP contribution in [0.2, 0.25) is 0 Å². The zero-order valence-electron chi connectivity index (χ0n) is 7.09. The Bertz CT molecular complexity index is 147. The van der Waals surface area contributed by atoms with E-state index in [9.17, 15) is 4.79 Å². The van der Waals surface area contributed by atoms with E-state index >= 15 is 0 Å². The van der Waals surface area contributed by atoms with Crippen molar-refractivity contribution >= 4 is 17.6 Å². The second-order valence-corrected chi connectivity index (χ2v) is 2.84. The van der Waals surface area contributed by atoms with Crippen LogP contribution in [0.4, 0.5) is 0 Å². The third-order valence-corrected chi connectivity index (χ3v) is 1.25. The molecule has 0 aromatic rings. The van der Waals surface area contributed by atoms with Crippen LogP contribution in [0.3, 0.4) is 0 Å². The summed E-state index contributed by atoms with van der Waals surface area (Å²) in [5.74, 6) is -0.329. The quantitative estimate of drug-likeness (QED) is 0.276. The molecule has 0 heterocycles. The molecule has 1 atom stereocenters. The average molecular weight is 193 g/mol. The second kappa shape index (κ2) is 7.13. The fourth-order valence-electron chi connectivity index (χ4n) is 0.535. The molecule has 0 saturated carbocycles. The SMILES string of the molecule is C=CCOC[C@H](Cl)COC(C)=O. The van der Waals surface area contributed by atoms with E-state index in [1.165, 1.54) is 6.92 Å². The molecule has 3 nitrogen and oxygen atoms in total. The van der Waals surface area contributed by atoms with E-state index in [-0.39, 0.29) is 18.0 Å². The van der Waals surface area contributed by atoms with Gasteiger partial charge in [-0.15, -0.1) is 18.2 Å². The average Bonchev–Trinajstić information content (AvgIpc) is 2.01. The van der Waals surface area contributed by atoms with Gasteiger partial charge in [-0.25, -0.2) is 0 Å². The summed E-state index contributed by atoms with van der Waals surface area (Å²) in [6.45, 7) is 5.83. The lowest BCUT2D eigenvalue weighted by Gasteiger charge is -2.08. The van der Waals surface area contributed by atoms with Gasteiger partial charge in [0.15, 0.2) is 0 Å². The first-order valence-electron chi connectivity index (χ1n) is 3.63. The smallest absolute Gasteiger partial charge is 0.302 e. The molecule has 4 heteroatoms. The van der Waals surface area contributed by atoms with Crippen molar-refractivity contribution in [3.63, 3.8) is 0 Å². The molecule has 0 unspecified atom stereocenters. The number of esters is 1. The normalized spacial score (nSPS) is 12.2. The summed E-state index contributed by atoms with van der Waals surface area (Å²) >= 11 is 5.72. The van der Waals surface area contributed by atoms with Gasteiger partial charge in [0.05, 0.1) is 18.6 Å². The molecule has 0 N–H and O–H groups in total. The zero-order valence-corrected chi connectivity index (χ0v) is 7.84. The van der Waals surface area contributed by atoms with Gasteiger partial charge in [-0.3, -0.25) is 4.79 Å². The Balaban J connectivity index is 3.26. The molecule has 0 spiro atoms. The Labute approximate surface area is 77.3 Å². The number of carbonyl (C=O) groups excluding carboxylic acids is 1. The second-order valence-electron chi connectivity index (χ2n) is 2.23. The zero-order chi connectivity index (χ0) is 9.40. The van der Waals surface area contributed by atoms with Crippen LogP contribution in [-0.2, 0) is 14.3 Å². The molecular formula is C8H13ClO3. The molecule has 0 aliphatic carbocycles. The molecule has 0 radical (unpaired) electrons. The van der Waals surface area contributed by atoms with Gasteiger partial charge in [-0.05, 0) is 0 Å². The molecule has 0 aliphatic rings. The van der Waals surface area contributed by atoms with Gasteiger partial charge in [-0.1, -0.05) is 6.08 Å². The maximum Gasteiger partial charge on any atom is 0.302 e. The summed E-state index contributed by atoms with van der Waals surface area (Å²) in [4.78, 5) is 10.3. The molecule has 0 saturated heterocycles. The highest BCUT2D eigenvalue weighted by Crippen LogP contribution is 1.97. The van der Waals surface area contributed by atoms with E-state index in [4.69, 9.17) is 16.3 Å². The molecular weight excluding hydrogens is 180 g/mol. The highest BCUT2D eigenvalue weighted by molar-refractivity contribution is 6.20. The Kier molecular flexibility index (Phi) is 6.81.